The van der Waals surface area contributed by atoms with Gasteiger partial charge in [-0.2, -0.15) is 0 Å². The van der Waals surface area contributed by atoms with Crippen molar-refractivity contribution in [3.05, 3.63) is 182 Å². The lowest BCUT2D eigenvalue weighted by Gasteiger charge is -2.13. The van der Waals surface area contributed by atoms with E-state index in [4.69, 9.17) is 15.0 Å². The van der Waals surface area contributed by atoms with Crippen molar-refractivity contribution >= 4 is 65.2 Å². The van der Waals surface area contributed by atoms with Crippen LogP contribution in [0.15, 0.2) is 182 Å². The van der Waals surface area contributed by atoms with E-state index in [9.17, 15) is 0 Å². The van der Waals surface area contributed by atoms with Crippen LogP contribution in [0.25, 0.3) is 110 Å². The summed E-state index contributed by atoms with van der Waals surface area (Å²) in [5.41, 5.74) is 12.2. The van der Waals surface area contributed by atoms with Crippen LogP contribution in [-0.2, 0) is 0 Å². The van der Waals surface area contributed by atoms with E-state index in [1.807, 2.05) is 24.3 Å². The molecule has 0 fully saturated rings. The molecule has 0 atom stereocenters. The second-order valence-electron chi connectivity index (χ2n) is 13.9. The Labute approximate surface area is 311 Å². The molecule has 4 heteroatoms. The largest absolute Gasteiger partial charge is 0.255 e. The fourth-order valence-electron chi connectivity index (χ4n) is 7.98. The van der Waals surface area contributed by atoms with Gasteiger partial charge in [0.25, 0.3) is 0 Å². The average Bonchev–Trinajstić information content (AvgIpc) is 3.25. The third-order valence-corrected chi connectivity index (χ3v) is 10.7. The maximum Gasteiger partial charge on any atom is 0.0978 e. The van der Waals surface area contributed by atoms with Gasteiger partial charge in [-0.25, -0.2) is 15.0 Å². The molecule has 4 heterocycles. The summed E-state index contributed by atoms with van der Waals surface area (Å²) in [7, 11) is 0. The van der Waals surface area contributed by atoms with Crippen molar-refractivity contribution in [3.63, 3.8) is 0 Å². The molecule has 7 aromatic carbocycles. The summed E-state index contributed by atoms with van der Waals surface area (Å²) in [6, 6.07) is 62.1. The number of hydrogen-bond acceptors (Lipinski definition) is 4. The third-order valence-electron chi connectivity index (χ3n) is 10.7. The number of aromatic nitrogens is 4. The second-order valence-corrected chi connectivity index (χ2v) is 13.9. The molecule has 54 heavy (non-hydrogen) atoms. The summed E-state index contributed by atoms with van der Waals surface area (Å²) in [5, 5.41) is 9.26. The number of pyridine rings is 4. The Morgan fingerprint density at radius 1 is 0.296 bits per heavy atom. The first kappa shape index (κ1) is 30.3. The van der Waals surface area contributed by atoms with Gasteiger partial charge >= 0.3 is 0 Å². The summed E-state index contributed by atoms with van der Waals surface area (Å²) < 4.78 is 0. The molecule has 4 aromatic heterocycles. The zero-order chi connectivity index (χ0) is 35.6. The molecule has 0 aliphatic heterocycles. The molecule has 11 aromatic rings. The van der Waals surface area contributed by atoms with Gasteiger partial charge in [0.2, 0.25) is 0 Å². The summed E-state index contributed by atoms with van der Waals surface area (Å²) in [6.07, 6.45) is 1.81. The van der Waals surface area contributed by atoms with Gasteiger partial charge in [0.15, 0.2) is 0 Å². The molecule has 0 saturated carbocycles. The molecule has 0 N–H and O–H groups in total. The van der Waals surface area contributed by atoms with Gasteiger partial charge < -0.3 is 0 Å². The number of rotatable bonds is 4. The van der Waals surface area contributed by atoms with E-state index < -0.39 is 0 Å². The van der Waals surface area contributed by atoms with Gasteiger partial charge in [-0.05, 0) is 86.8 Å². The molecule has 4 nitrogen and oxygen atoms in total. The standard InChI is InChI=1S/C50H30N4/c1-2-8-32(9-3-1)48-41-10-4-5-11-44(41)54-50-42(48)24-17-33-21-25-43(53-49(33)50)38-19-23-40-37(29-38)16-15-36-28-34(18-22-39(36)40)35-14-13-31-20-26-46(52-47(31)30-35)45-12-6-7-27-51-45/h1-30H. The molecule has 0 saturated heterocycles. The highest BCUT2D eigenvalue weighted by molar-refractivity contribution is 6.16. The van der Waals surface area contributed by atoms with Gasteiger partial charge in [-0.15, -0.1) is 0 Å². The SMILES string of the molecule is c1ccc(-c2c3ccccc3nc3c2ccc2ccc(-c4ccc5c(ccc6cc(-c7ccc8ccc(-c9ccccn9)nc8c7)ccc65)c4)nc23)cc1. The number of benzene rings is 7. The number of fused-ring (bicyclic) bond motifs is 8. The Morgan fingerprint density at radius 2 is 0.944 bits per heavy atom. The summed E-state index contributed by atoms with van der Waals surface area (Å²) >= 11 is 0. The Balaban J connectivity index is 0.986. The van der Waals surface area contributed by atoms with E-state index in [2.05, 4.69) is 157 Å². The molecule has 0 aliphatic carbocycles. The van der Waals surface area contributed by atoms with E-state index in [0.717, 1.165) is 77.4 Å². The van der Waals surface area contributed by atoms with E-state index >= 15 is 0 Å². The maximum atomic E-state index is 5.30. The van der Waals surface area contributed by atoms with Crippen LogP contribution < -0.4 is 0 Å². The second kappa shape index (κ2) is 12.1. The Kier molecular flexibility index (Phi) is 6.82. The fourth-order valence-corrected chi connectivity index (χ4v) is 7.98. The van der Waals surface area contributed by atoms with Crippen molar-refractivity contribution in [1.82, 2.24) is 19.9 Å². The van der Waals surface area contributed by atoms with Crippen LogP contribution in [0.1, 0.15) is 0 Å². The van der Waals surface area contributed by atoms with Gasteiger partial charge in [-0.1, -0.05) is 127 Å². The van der Waals surface area contributed by atoms with Crippen molar-refractivity contribution in [2.45, 2.75) is 0 Å². The minimum Gasteiger partial charge on any atom is -0.255 e. The first-order valence-electron chi connectivity index (χ1n) is 18.2. The zero-order valence-corrected chi connectivity index (χ0v) is 29.1. The lowest BCUT2D eigenvalue weighted by Crippen LogP contribution is -1.93. The Hall–Kier alpha value is -7.30. The molecular formula is C50H30N4. The van der Waals surface area contributed by atoms with Gasteiger partial charge in [0, 0.05) is 38.9 Å². The van der Waals surface area contributed by atoms with E-state index in [1.54, 1.807) is 6.20 Å². The molecule has 0 unspecified atom stereocenters. The van der Waals surface area contributed by atoms with Crippen LogP contribution in [0.2, 0.25) is 0 Å². The van der Waals surface area contributed by atoms with Gasteiger partial charge in [0.1, 0.15) is 0 Å². The third kappa shape index (κ3) is 5.00. The lowest BCUT2D eigenvalue weighted by molar-refractivity contribution is 1.28. The van der Waals surface area contributed by atoms with Crippen LogP contribution in [0.4, 0.5) is 0 Å². The zero-order valence-electron chi connectivity index (χ0n) is 29.1. The highest BCUT2D eigenvalue weighted by Gasteiger charge is 2.15. The monoisotopic (exact) mass is 686 g/mol. The molecule has 11 rings (SSSR count). The van der Waals surface area contributed by atoms with Crippen molar-refractivity contribution in [1.29, 1.82) is 0 Å². The van der Waals surface area contributed by atoms with E-state index in [1.165, 1.54) is 32.7 Å². The maximum absolute atomic E-state index is 5.30. The minimum atomic E-state index is 0.874. The molecule has 250 valence electrons. The van der Waals surface area contributed by atoms with Crippen LogP contribution in [0, 0.1) is 0 Å². The quantitative estimate of drug-likeness (QED) is 0.137. The Morgan fingerprint density at radius 3 is 1.80 bits per heavy atom. The predicted molar refractivity (Wildman–Crippen MR) is 224 cm³/mol. The lowest BCUT2D eigenvalue weighted by atomic mass is 9.94. The van der Waals surface area contributed by atoms with Gasteiger partial charge in [0.05, 0.1) is 39.1 Å². The molecule has 0 radical (unpaired) electrons. The van der Waals surface area contributed by atoms with Crippen LogP contribution >= 0.6 is 0 Å². The first-order chi connectivity index (χ1) is 26.7. The summed E-state index contributed by atoms with van der Waals surface area (Å²) in [5.74, 6) is 0. The molecule has 0 aliphatic rings. The van der Waals surface area contributed by atoms with Crippen molar-refractivity contribution in [2.24, 2.45) is 0 Å². The number of nitrogens with zero attached hydrogens (tertiary/aromatic N) is 4. The fraction of sp³-hybridized carbons (Fsp3) is 0. The average molecular weight is 687 g/mol. The topological polar surface area (TPSA) is 51.6 Å². The molecule has 0 amide bonds. The van der Waals surface area contributed by atoms with Crippen LogP contribution in [0.5, 0.6) is 0 Å². The normalized spacial score (nSPS) is 11.7. The highest BCUT2D eigenvalue weighted by Crippen LogP contribution is 2.38. The molecule has 0 bridgehead atoms. The first-order valence-corrected chi connectivity index (χ1v) is 18.2. The highest BCUT2D eigenvalue weighted by atomic mass is 14.8. The van der Waals surface area contributed by atoms with E-state index in [0.29, 0.717) is 0 Å². The number of para-hydroxylation sites is 1. The van der Waals surface area contributed by atoms with Crippen molar-refractivity contribution < 1.29 is 0 Å². The summed E-state index contributed by atoms with van der Waals surface area (Å²) in [6.45, 7) is 0. The smallest absolute Gasteiger partial charge is 0.0978 e. The number of hydrogen-bond donors (Lipinski definition) is 0. The van der Waals surface area contributed by atoms with Crippen LogP contribution in [-0.4, -0.2) is 19.9 Å². The minimum absolute atomic E-state index is 0.874. The summed E-state index contributed by atoms with van der Waals surface area (Å²) in [4.78, 5) is 20.0. The molecular weight excluding hydrogens is 657 g/mol. The van der Waals surface area contributed by atoms with Gasteiger partial charge in [-0.3, -0.25) is 4.98 Å². The van der Waals surface area contributed by atoms with Crippen LogP contribution in [0.3, 0.4) is 0 Å². The van der Waals surface area contributed by atoms with Crippen molar-refractivity contribution in [2.75, 3.05) is 0 Å². The van der Waals surface area contributed by atoms with E-state index in [-0.39, 0.29) is 0 Å². The van der Waals surface area contributed by atoms with Crippen molar-refractivity contribution in [3.8, 4) is 44.9 Å². The molecule has 0 spiro atoms. The predicted octanol–water partition coefficient (Wildman–Crippen LogP) is 12.9. The Bertz CT molecular complexity index is 3270.